The van der Waals surface area contributed by atoms with Crippen LogP contribution in [-0.4, -0.2) is 22.6 Å². The van der Waals surface area contributed by atoms with Gasteiger partial charge in [0.15, 0.2) is 0 Å². The maximum Gasteiger partial charge on any atom is 0.293 e. The normalized spacial score (nSPS) is 15.9. The molecule has 0 aromatic heterocycles. The minimum atomic E-state index is -0.250. The van der Waals surface area contributed by atoms with E-state index in [-0.39, 0.29) is 11.1 Å². The summed E-state index contributed by atoms with van der Waals surface area (Å²) in [6, 6.07) is 15.4. The molecule has 2 amide bonds. The van der Waals surface area contributed by atoms with E-state index in [1.165, 1.54) is 4.90 Å². The highest BCUT2D eigenvalue weighted by Crippen LogP contribution is 2.33. The van der Waals surface area contributed by atoms with E-state index in [1.54, 1.807) is 13.0 Å². The fourth-order valence-electron chi connectivity index (χ4n) is 2.39. The minimum Gasteiger partial charge on any atom is -0.488 e. The standard InChI is InChI=1S/C19H16BrNO3S/c1-2-21-18(22)17(25-19(21)23)11-14-5-3-4-6-16(14)24-12-13-7-9-15(20)10-8-13/h3-11H,2,12H2,1H3. The Hall–Kier alpha value is -2.05. The van der Waals surface area contributed by atoms with Crippen molar-refractivity contribution in [1.29, 1.82) is 0 Å². The van der Waals surface area contributed by atoms with E-state index in [0.717, 1.165) is 27.4 Å². The van der Waals surface area contributed by atoms with Crippen molar-refractivity contribution in [3.8, 4) is 5.75 Å². The van der Waals surface area contributed by atoms with Gasteiger partial charge in [-0.1, -0.05) is 46.3 Å². The first-order valence-corrected chi connectivity index (χ1v) is 9.41. The molecule has 0 aliphatic carbocycles. The van der Waals surface area contributed by atoms with E-state index in [2.05, 4.69) is 15.9 Å². The number of hydrogen-bond donors (Lipinski definition) is 0. The highest BCUT2D eigenvalue weighted by molar-refractivity contribution is 9.10. The molecule has 25 heavy (non-hydrogen) atoms. The maximum atomic E-state index is 12.2. The smallest absolute Gasteiger partial charge is 0.293 e. The predicted molar refractivity (Wildman–Crippen MR) is 103 cm³/mol. The number of hydrogen-bond acceptors (Lipinski definition) is 4. The summed E-state index contributed by atoms with van der Waals surface area (Å²) in [6.45, 7) is 2.59. The molecular weight excluding hydrogens is 402 g/mol. The van der Waals surface area contributed by atoms with E-state index < -0.39 is 0 Å². The van der Waals surface area contributed by atoms with Crippen LogP contribution >= 0.6 is 27.7 Å². The molecule has 4 nitrogen and oxygen atoms in total. The topological polar surface area (TPSA) is 46.6 Å². The lowest BCUT2D eigenvalue weighted by Gasteiger charge is -2.10. The van der Waals surface area contributed by atoms with Crippen LogP contribution in [0, 0.1) is 0 Å². The summed E-state index contributed by atoms with van der Waals surface area (Å²) in [5, 5.41) is -0.230. The van der Waals surface area contributed by atoms with E-state index in [4.69, 9.17) is 4.74 Å². The lowest BCUT2D eigenvalue weighted by molar-refractivity contribution is -0.122. The number of benzene rings is 2. The molecule has 2 aromatic carbocycles. The molecule has 0 bridgehead atoms. The second-order valence-electron chi connectivity index (χ2n) is 5.38. The van der Waals surface area contributed by atoms with Crippen molar-refractivity contribution in [2.24, 2.45) is 0 Å². The van der Waals surface area contributed by atoms with Crippen LogP contribution in [0.15, 0.2) is 57.9 Å². The van der Waals surface area contributed by atoms with Crippen LogP contribution in [0.2, 0.25) is 0 Å². The quantitative estimate of drug-likeness (QED) is 0.635. The highest BCUT2D eigenvalue weighted by Gasteiger charge is 2.33. The van der Waals surface area contributed by atoms with E-state index in [1.807, 2.05) is 48.5 Å². The van der Waals surface area contributed by atoms with Crippen LogP contribution in [0.5, 0.6) is 5.75 Å². The fraction of sp³-hybridized carbons (Fsp3) is 0.158. The fourth-order valence-corrected chi connectivity index (χ4v) is 3.54. The van der Waals surface area contributed by atoms with Gasteiger partial charge in [0, 0.05) is 16.6 Å². The summed E-state index contributed by atoms with van der Waals surface area (Å²) in [6.07, 6.45) is 1.72. The second-order valence-corrected chi connectivity index (χ2v) is 7.29. The number of likely N-dealkylation sites (N-methyl/N-ethyl adjacent to an activating group) is 1. The Kier molecular flexibility index (Phi) is 5.60. The van der Waals surface area contributed by atoms with Crippen molar-refractivity contribution in [2.45, 2.75) is 13.5 Å². The molecule has 1 saturated heterocycles. The number of amides is 2. The number of carbonyl (C=O) groups excluding carboxylic acids is 2. The number of nitrogens with zero attached hydrogens (tertiary/aromatic N) is 1. The molecule has 0 unspecified atom stereocenters. The molecule has 0 spiro atoms. The van der Waals surface area contributed by atoms with E-state index >= 15 is 0 Å². The molecule has 1 aliphatic rings. The SMILES string of the molecule is CCN1C(=O)SC(=Cc2ccccc2OCc2ccc(Br)cc2)C1=O. The van der Waals surface area contributed by atoms with Crippen molar-refractivity contribution in [3.05, 3.63) is 69.0 Å². The molecule has 6 heteroatoms. The Labute approximate surface area is 159 Å². The lowest BCUT2D eigenvalue weighted by Crippen LogP contribution is -2.27. The number of rotatable bonds is 5. The molecule has 0 N–H and O–H groups in total. The number of ether oxygens (including phenoxy) is 1. The second kappa shape index (κ2) is 7.89. The zero-order valence-corrected chi connectivity index (χ0v) is 16.0. The van der Waals surface area contributed by atoms with Crippen LogP contribution in [0.25, 0.3) is 6.08 Å². The molecule has 2 aromatic rings. The van der Waals surface area contributed by atoms with Crippen molar-refractivity contribution in [3.63, 3.8) is 0 Å². The van der Waals surface area contributed by atoms with Gasteiger partial charge in [-0.3, -0.25) is 14.5 Å². The van der Waals surface area contributed by atoms with Crippen molar-refractivity contribution < 1.29 is 14.3 Å². The number of thioether (sulfide) groups is 1. The molecule has 1 aliphatic heterocycles. The average molecular weight is 418 g/mol. The Morgan fingerprint density at radius 2 is 1.84 bits per heavy atom. The molecule has 3 rings (SSSR count). The summed E-state index contributed by atoms with van der Waals surface area (Å²) in [4.78, 5) is 25.7. The van der Waals surface area contributed by atoms with E-state index in [9.17, 15) is 9.59 Å². The van der Waals surface area contributed by atoms with Gasteiger partial charge in [-0.15, -0.1) is 0 Å². The van der Waals surface area contributed by atoms with Gasteiger partial charge in [0.2, 0.25) is 0 Å². The molecule has 0 saturated carbocycles. The first-order valence-electron chi connectivity index (χ1n) is 7.80. The zero-order valence-electron chi connectivity index (χ0n) is 13.6. The van der Waals surface area contributed by atoms with Gasteiger partial charge in [-0.05, 0) is 48.5 Å². The largest absolute Gasteiger partial charge is 0.488 e. The molecule has 128 valence electrons. The first kappa shape index (κ1) is 17.8. The Bertz CT molecular complexity index is 833. The molecular formula is C19H16BrNO3S. The van der Waals surface area contributed by atoms with Gasteiger partial charge in [0.05, 0.1) is 4.91 Å². The van der Waals surface area contributed by atoms with Crippen LogP contribution in [0.3, 0.4) is 0 Å². The molecule has 0 radical (unpaired) electrons. The highest BCUT2D eigenvalue weighted by atomic mass is 79.9. The maximum absolute atomic E-state index is 12.2. The van der Waals surface area contributed by atoms with E-state index in [0.29, 0.717) is 23.8 Å². The third-order valence-corrected chi connectivity index (χ3v) is 5.14. The number of halogens is 1. The van der Waals surface area contributed by atoms with Gasteiger partial charge < -0.3 is 4.74 Å². The van der Waals surface area contributed by atoms with Crippen molar-refractivity contribution >= 4 is 44.9 Å². The number of carbonyl (C=O) groups is 2. The minimum absolute atomic E-state index is 0.230. The third kappa shape index (κ3) is 4.14. The van der Waals surface area contributed by atoms with Crippen LogP contribution in [-0.2, 0) is 11.4 Å². The third-order valence-electron chi connectivity index (χ3n) is 3.70. The van der Waals surface area contributed by atoms with Gasteiger partial charge >= 0.3 is 0 Å². The number of imide groups is 1. The van der Waals surface area contributed by atoms with Gasteiger partial charge in [-0.2, -0.15) is 0 Å². The molecule has 1 fully saturated rings. The Morgan fingerprint density at radius 3 is 2.52 bits per heavy atom. The van der Waals surface area contributed by atoms with Crippen LogP contribution < -0.4 is 4.74 Å². The molecule has 1 heterocycles. The summed E-state index contributed by atoms with van der Waals surface area (Å²) in [5.74, 6) is 0.425. The van der Waals surface area contributed by atoms with Crippen molar-refractivity contribution in [1.82, 2.24) is 4.90 Å². The summed E-state index contributed by atoms with van der Waals surface area (Å²) in [5.41, 5.74) is 1.82. The Balaban J connectivity index is 1.79. The Morgan fingerprint density at radius 1 is 1.12 bits per heavy atom. The monoisotopic (exact) mass is 417 g/mol. The van der Waals surface area contributed by atoms with Gasteiger partial charge in [0.25, 0.3) is 11.1 Å². The van der Waals surface area contributed by atoms with Crippen LogP contribution in [0.4, 0.5) is 4.79 Å². The summed E-state index contributed by atoms with van der Waals surface area (Å²) in [7, 11) is 0. The van der Waals surface area contributed by atoms with Gasteiger partial charge in [-0.25, -0.2) is 0 Å². The average Bonchev–Trinajstić information content (AvgIpc) is 2.88. The van der Waals surface area contributed by atoms with Gasteiger partial charge in [0.1, 0.15) is 12.4 Å². The van der Waals surface area contributed by atoms with Crippen LogP contribution in [0.1, 0.15) is 18.1 Å². The summed E-state index contributed by atoms with van der Waals surface area (Å²) < 4.78 is 6.93. The first-order chi connectivity index (χ1) is 12.1. The molecule has 0 atom stereocenters. The van der Waals surface area contributed by atoms with Crippen molar-refractivity contribution in [2.75, 3.05) is 6.54 Å². The predicted octanol–water partition coefficient (Wildman–Crippen LogP) is 5.08. The zero-order chi connectivity index (χ0) is 17.8. The lowest BCUT2D eigenvalue weighted by atomic mass is 10.1. The number of para-hydroxylation sites is 1. The summed E-state index contributed by atoms with van der Waals surface area (Å²) >= 11 is 4.37.